The smallest absolute Gasteiger partial charge is 0.240 e. The van der Waals surface area contributed by atoms with Crippen LogP contribution in [-0.4, -0.2) is 27.7 Å². The lowest BCUT2D eigenvalue weighted by Gasteiger charge is -2.19. The van der Waals surface area contributed by atoms with Gasteiger partial charge in [-0.3, -0.25) is 0 Å². The number of halogens is 1. The highest BCUT2D eigenvalue weighted by molar-refractivity contribution is 9.10. The second-order valence-electron chi connectivity index (χ2n) is 4.72. The maximum absolute atomic E-state index is 12.2. The number of nitrogens with two attached hydrogens (primary N) is 1. The maximum Gasteiger partial charge on any atom is 0.240 e. The summed E-state index contributed by atoms with van der Waals surface area (Å²) in [5.41, 5.74) is 6.11. The van der Waals surface area contributed by atoms with E-state index in [4.69, 9.17) is 10.5 Å². The topological polar surface area (TPSA) is 81.4 Å². The Morgan fingerprint density at radius 2 is 2.26 bits per heavy atom. The normalized spacial score (nSPS) is 21.5. The van der Waals surface area contributed by atoms with Gasteiger partial charge in [0.2, 0.25) is 10.0 Å². The van der Waals surface area contributed by atoms with Crippen LogP contribution in [0.3, 0.4) is 0 Å². The molecule has 1 aromatic rings. The lowest BCUT2D eigenvalue weighted by molar-refractivity contribution is 0.180. The van der Waals surface area contributed by atoms with Crippen molar-refractivity contribution in [3.05, 3.63) is 22.7 Å². The fraction of sp³-hybridized carbons (Fsp3) is 0.500. The van der Waals surface area contributed by atoms with Gasteiger partial charge in [-0.15, -0.1) is 0 Å². The predicted octanol–water partition coefficient (Wildman–Crippen LogP) is 1.73. The van der Waals surface area contributed by atoms with Gasteiger partial charge in [0.25, 0.3) is 0 Å². The first-order valence-electron chi connectivity index (χ1n) is 6.05. The molecule has 0 saturated carbocycles. The van der Waals surface area contributed by atoms with Gasteiger partial charge in [0.15, 0.2) is 0 Å². The van der Waals surface area contributed by atoms with Crippen molar-refractivity contribution in [3.8, 4) is 0 Å². The summed E-state index contributed by atoms with van der Waals surface area (Å²) in [7, 11) is -3.54. The Kier molecular flexibility index (Phi) is 4.50. The number of sulfonamides is 1. The SMILES string of the molecule is CC(NS(=O)(=O)c1ccc(Br)c(N)c1)C1CCOC1. The van der Waals surface area contributed by atoms with Crippen LogP contribution in [0.15, 0.2) is 27.6 Å². The van der Waals surface area contributed by atoms with Crippen LogP contribution >= 0.6 is 15.9 Å². The lowest BCUT2D eigenvalue weighted by Crippen LogP contribution is -2.38. The van der Waals surface area contributed by atoms with E-state index in [1.54, 1.807) is 6.07 Å². The fourth-order valence-corrected chi connectivity index (χ4v) is 3.64. The van der Waals surface area contributed by atoms with Gasteiger partial charge in [0.1, 0.15) is 0 Å². The molecule has 2 atom stereocenters. The number of nitrogens with one attached hydrogen (secondary N) is 1. The van der Waals surface area contributed by atoms with E-state index >= 15 is 0 Å². The summed E-state index contributed by atoms with van der Waals surface area (Å²) in [6.07, 6.45) is 0.881. The molecule has 1 saturated heterocycles. The van der Waals surface area contributed by atoms with Crippen molar-refractivity contribution in [3.63, 3.8) is 0 Å². The molecule has 0 amide bonds. The van der Waals surface area contributed by atoms with E-state index in [1.807, 2.05) is 6.92 Å². The Morgan fingerprint density at radius 3 is 2.84 bits per heavy atom. The van der Waals surface area contributed by atoms with Gasteiger partial charge in [-0.1, -0.05) is 0 Å². The molecule has 0 spiro atoms. The molecule has 3 N–H and O–H groups in total. The Hall–Kier alpha value is -0.630. The molecule has 1 aliphatic rings. The average Bonchev–Trinajstić information content (AvgIpc) is 2.85. The van der Waals surface area contributed by atoms with Gasteiger partial charge in [-0.25, -0.2) is 13.1 Å². The molecule has 1 heterocycles. The van der Waals surface area contributed by atoms with Crippen LogP contribution in [0.4, 0.5) is 5.69 Å². The van der Waals surface area contributed by atoms with E-state index in [0.717, 1.165) is 6.42 Å². The van der Waals surface area contributed by atoms with Crippen LogP contribution in [0.25, 0.3) is 0 Å². The molecule has 1 aromatic carbocycles. The van der Waals surface area contributed by atoms with E-state index in [9.17, 15) is 8.42 Å². The fourth-order valence-electron chi connectivity index (χ4n) is 2.05. The molecule has 1 aliphatic heterocycles. The highest BCUT2D eigenvalue weighted by Crippen LogP contribution is 2.24. The third-order valence-electron chi connectivity index (χ3n) is 3.29. The average molecular weight is 349 g/mol. The number of nitrogen functional groups attached to an aromatic ring is 1. The first-order valence-corrected chi connectivity index (χ1v) is 8.33. The number of hydrogen-bond donors (Lipinski definition) is 2. The molecular formula is C12H17BrN2O3S. The highest BCUT2D eigenvalue weighted by atomic mass is 79.9. The third kappa shape index (κ3) is 3.47. The van der Waals surface area contributed by atoms with E-state index < -0.39 is 10.0 Å². The summed E-state index contributed by atoms with van der Waals surface area (Å²) in [6, 6.07) is 4.45. The number of hydrogen-bond acceptors (Lipinski definition) is 4. The largest absolute Gasteiger partial charge is 0.398 e. The molecule has 0 bridgehead atoms. The van der Waals surface area contributed by atoms with Crippen molar-refractivity contribution in [2.24, 2.45) is 5.92 Å². The minimum Gasteiger partial charge on any atom is -0.398 e. The zero-order valence-corrected chi connectivity index (χ0v) is 13.0. The number of benzene rings is 1. The maximum atomic E-state index is 12.2. The van der Waals surface area contributed by atoms with Crippen molar-refractivity contribution in [2.75, 3.05) is 18.9 Å². The van der Waals surface area contributed by atoms with Gasteiger partial charge >= 0.3 is 0 Å². The molecule has 5 nitrogen and oxygen atoms in total. The molecule has 7 heteroatoms. The van der Waals surface area contributed by atoms with Crippen molar-refractivity contribution in [1.29, 1.82) is 0 Å². The van der Waals surface area contributed by atoms with Crippen molar-refractivity contribution in [2.45, 2.75) is 24.3 Å². The highest BCUT2D eigenvalue weighted by Gasteiger charge is 2.26. The standard InChI is InChI=1S/C12H17BrN2O3S/c1-8(9-4-5-18-7-9)15-19(16,17)10-2-3-11(13)12(14)6-10/h2-3,6,8-9,15H,4-5,7,14H2,1H3. The Labute approximate surface area is 121 Å². The van der Waals surface area contributed by atoms with Crippen LogP contribution < -0.4 is 10.5 Å². The Morgan fingerprint density at radius 1 is 1.53 bits per heavy atom. The van der Waals surface area contributed by atoms with Crippen LogP contribution in [0.1, 0.15) is 13.3 Å². The summed E-state index contributed by atoms with van der Waals surface area (Å²) < 4.78 is 33.1. The number of anilines is 1. The van der Waals surface area contributed by atoms with Crippen molar-refractivity contribution >= 4 is 31.6 Å². The Bertz CT molecular complexity index is 556. The van der Waals surface area contributed by atoms with Crippen LogP contribution in [0.5, 0.6) is 0 Å². The van der Waals surface area contributed by atoms with Gasteiger partial charge in [-0.05, 0) is 47.5 Å². The molecule has 2 rings (SSSR count). The van der Waals surface area contributed by atoms with Gasteiger partial charge in [0, 0.05) is 28.7 Å². The quantitative estimate of drug-likeness (QED) is 0.812. The number of ether oxygens (including phenoxy) is 1. The zero-order valence-electron chi connectivity index (χ0n) is 10.6. The molecule has 2 unspecified atom stereocenters. The molecular weight excluding hydrogens is 332 g/mol. The molecule has 0 radical (unpaired) electrons. The second kappa shape index (κ2) is 5.78. The monoisotopic (exact) mass is 348 g/mol. The lowest BCUT2D eigenvalue weighted by atomic mass is 10.0. The summed E-state index contributed by atoms with van der Waals surface area (Å²) in [6.45, 7) is 3.16. The van der Waals surface area contributed by atoms with E-state index in [-0.39, 0.29) is 16.9 Å². The number of rotatable bonds is 4. The van der Waals surface area contributed by atoms with Gasteiger partial charge in [0.05, 0.1) is 11.5 Å². The zero-order chi connectivity index (χ0) is 14.0. The van der Waals surface area contributed by atoms with Crippen molar-refractivity contribution in [1.82, 2.24) is 4.72 Å². The van der Waals surface area contributed by atoms with Crippen molar-refractivity contribution < 1.29 is 13.2 Å². The Balaban J connectivity index is 2.15. The van der Waals surface area contributed by atoms with Crippen LogP contribution in [-0.2, 0) is 14.8 Å². The minimum absolute atomic E-state index is 0.155. The minimum atomic E-state index is -3.54. The molecule has 0 aliphatic carbocycles. The van der Waals surface area contributed by atoms with E-state index in [0.29, 0.717) is 23.4 Å². The van der Waals surface area contributed by atoms with Crippen LogP contribution in [0.2, 0.25) is 0 Å². The molecule has 19 heavy (non-hydrogen) atoms. The predicted molar refractivity (Wildman–Crippen MR) is 77.3 cm³/mol. The first-order chi connectivity index (χ1) is 8.90. The third-order valence-corrected chi connectivity index (χ3v) is 5.57. The first kappa shape index (κ1) is 14.8. The summed E-state index contributed by atoms with van der Waals surface area (Å²) in [4.78, 5) is 0.180. The second-order valence-corrected chi connectivity index (χ2v) is 7.29. The van der Waals surface area contributed by atoms with Gasteiger partial charge in [-0.2, -0.15) is 0 Å². The molecule has 0 aromatic heterocycles. The molecule has 106 valence electrons. The van der Waals surface area contributed by atoms with E-state index in [2.05, 4.69) is 20.7 Å². The van der Waals surface area contributed by atoms with Gasteiger partial charge < -0.3 is 10.5 Å². The van der Waals surface area contributed by atoms with E-state index in [1.165, 1.54) is 12.1 Å². The summed E-state index contributed by atoms with van der Waals surface area (Å²) in [5, 5.41) is 0. The summed E-state index contributed by atoms with van der Waals surface area (Å²) in [5.74, 6) is 0.225. The van der Waals surface area contributed by atoms with Crippen LogP contribution in [0, 0.1) is 5.92 Å². The summed E-state index contributed by atoms with van der Waals surface area (Å²) >= 11 is 3.24. The molecule has 1 fully saturated rings.